The van der Waals surface area contributed by atoms with Gasteiger partial charge in [-0.15, -0.1) is 0 Å². The third-order valence-corrected chi connectivity index (χ3v) is 5.87. The molecule has 2 unspecified atom stereocenters. The van der Waals surface area contributed by atoms with Crippen molar-refractivity contribution in [2.45, 2.75) is 19.1 Å². The first-order chi connectivity index (χ1) is 15.0. The lowest BCUT2D eigenvalue weighted by molar-refractivity contribution is 0.00880. The average molecular weight is 421 g/mol. The van der Waals surface area contributed by atoms with Gasteiger partial charge in [-0.25, -0.2) is 4.98 Å². The number of rotatable bonds is 5. The molecular formula is C23H28N6O2. The number of H-pyrrole nitrogens is 2. The van der Waals surface area contributed by atoms with Gasteiger partial charge in [0, 0.05) is 24.8 Å². The van der Waals surface area contributed by atoms with Crippen LogP contribution in [0.5, 0.6) is 5.75 Å². The lowest BCUT2D eigenvalue weighted by Gasteiger charge is -2.40. The molecule has 0 amide bonds. The minimum absolute atomic E-state index is 0.196. The average Bonchev–Trinajstić information content (AvgIpc) is 3.37. The first-order valence-corrected chi connectivity index (χ1v) is 10.6. The van der Waals surface area contributed by atoms with Crippen molar-refractivity contribution in [2.24, 2.45) is 0 Å². The number of imidazole rings is 1. The number of aromatic amines is 2. The van der Waals surface area contributed by atoms with Gasteiger partial charge < -0.3 is 24.3 Å². The van der Waals surface area contributed by atoms with Crippen molar-refractivity contribution in [2.75, 3.05) is 45.8 Å². The molecule has 0 saturated carbocycles. The number of anilines is 1. The minimum atomic E-state index is 0.196. The molecule has 3 heterocycles. The summed E-state index contributed by atoms with van der Waals surface area (Å²) >= 11 is 0. The second-order valence-corrected chi connectivity index (χ2v) is 8.46. The monoisotopic (exact) mass is 420 g/mol. The summed E-state index contributed by atoms with van der Waals surface area (Å²) in [6, 6.07) is 12.6. The van der Waals surface area contributed by atoms with Gasteiger partial charge in [-0.1, -0.05) is 6.07 Å². The van der Waals surface area contributed by atoms with E-state index < -0.39 is 0 Å². The van der Waals surface area contributed by atoms with Crippen molar-refractivity contribution in [1.82, 2.24) is 25.1 Å². The van der Waals surface area contributed by atoms with E-state index in [1.165, 1.54) is 5.69 Å². The van der Waals surface area contributed by atoms with Crippen LogP contribution in [-0.2, 0) is 4.74 Å². The quantitative estimate of drug-likeness (QED) is 0.516. The molecule has 2 N–H and O–H groups in total. The highest BCUT2D eigenvalue weighted by Gasteiger charge is 2.27. The number of methoxy groups -OCH3 is 1. The first kappa shape index (κ1) is 19.8. The molecule has 0 spiro atoms. The van der Waals surface area contributed by atoms with Crippen molar-refractivity contribution in [3.63, 3.8) is 0 Å². The van der Waals surface area contributed by atoms with Gasteiger partial charge in [0.2, 0.25) is 0 Å². The van der Waals surface area contributed by atoms with Crippen LogP contribution in [0.2, 0.25) is 0 Å². The summed E-state index contributed by atoms with van der Waals surface area (Å²) in [7, 11) is 5.83. The molecule has 1 aliphatic heterocycles. The van der Waals surface area contributed by atoms with Crippen LogP contribution in [0.1, 0.15) is 6.92 Å². The summed E-state index contributed by atoms with van der Waals surface area (Å²) in [5, 5.41) is 8.51. The van der Waals surface area contributed by atoms with Gasteiger partial charge in [-0.2, -0.15) is 5.10 Å². The number of fused-ring (bicyclic) bond motifs is 2. The molecule has 1 saturated heterocycles. The molecule has 4 aromatic rings. The molecule has 2 atom stereocenters. The van der Waals surface area contributed by atoms with E-state index in [-0.39, 0.29) is 6.10 Å². The molecule has 2 aromatic carbocycles. The zero-order chi connectivity index (χ0) is 21.5. The first-order valence-electron chi connectivity index (χ1n) is 10.6. The number of likely N-dealkylation sites (N-methyl/N-ethyl adjacent to an activating group) is 1. The van der Waals surface area contributed by atoms with E-state index in [4.69, 9.17) is 14.5 Å². The highest BCUT2D eigenvalue weighted by atomic mass is 16.5. The predicted molar refractivity (Wildman–Crippen MR) is 123 cm³/mol. The molecule has 0 radical (unpaired) electrons. The molecule has 8 nitrogen and oxygen atoms in total. The van der Waals surface area contributed by atoms with E-state index in [2.05, 4.69) is 64.2 Å². The van der Waals surface area contributed by atoms with Crippen molar-refractivity contribution < 1.29 is 9.47 Å². The molecular weight excluding hydrogens is 392 g/mol. The third-order valence-electron chi connectivity index (χ3n) is 5.87. The maximum absolute atomic E-state index is 6.03. The Morgan fingerprint density at radius 1 is 1.23 bits per heavy atom. The topological polar surface area (TPSA) is 82.3 Å². The Bertz CT molecular complexity index is 1210. The molecule has 31 heavy (non-hydrogen) atoms. The van der Waals surface area contributed by atoms with E-state index in [1.54, 1.807) is 7.11 Å². The zero-order valence-corrected chi connectivity index (χ0v) is 18.3. The maximum atomic E-state index is 6.03. The number of hydrogen-bond acceptors (Lipinski definition) is 6. The Balaban J connectivity index is 1.50. The summed E-state index contributed by atoms with van der Waals surface area (Å²) in [6.45, 7) is 4.71. The second-order valence-electron chi connectivity index (χ2n) is 8.46. The number of ether oxygens (including phenoxy) is 2. The van der Waals surface area contributed by atoms with E-state index in [9.17, 15) is 0 Å². The van der Waals surface area contributed by atoms with Crippen molar-refractivity contribution in [3.05, 3.63) is 36.4 Å². The van der Waals surface area contributed by atoms with Crippen LogP contribution in [-0.4, -0.2) is 78.1 Å². The molecule has 0 aliphatic carbocycles. The van der Waals surface area contributed by atoms with Crippen molar-refractivity contribution in [1.29, 1.82) is 0 Å². The molecule has 8 heteroatoms. The molecule has 162 valence electrons. The van der Waals surface area contributed by atoms with Crippen LogP contribution in [0.4, 0.5) is 5.69 Å². The van der Waals surface area contributed by atoms with Crippen LogP contribution in [0.15, 0.2) is 36.4 Å². The van der Waals surface area contributed by atoms with Crippen molar-refractivity contribution >= 4 is 27.6 Å². The molecule has 2 aromatic heterocycles. The Hall–Kier alpha value is -3.10. The number of morpholine rings is 1. The fourth-order valence-corrected chi connectivity index (χ4v) is 4.37. The Labute approximate surface area is 181 Å². The number of aromatic nitrogens is 4. The van der Waals surface area contributed by atoms with E-state index in [1.807, 2.05) is 18.2 Å². The zero-order valence-electron chi connectivity index (χ0n) is 18.3. The third kappa shape index (κ3) is 3.62. The lowest BCUT2D eigenvalue weighted by atomic mass is 10.1. The van der Waals surface area contributed by atoms with Crippen LogP contribution < -0.4 is 9.64 Å². The smallest absolute Gasteiger partial charge is 0.159 e. The van der Waals surface area contributed by atoms with Crippen LogP contribution in [0.3, 0.4) is 0 Å². The van der Waals surface area contributed by atoms with E-state index in [0.717, 1.165) is 58.9 Å². The van der Waals surface area contributed by atoms with Gasteiger partial charge in [-0.05, 0) is 51.4 Å². The second kappa shape index (κ2) is 7.86. The summed E-state index contributed by atoms with van der Waals surface area (Å²) in [5.74, 6) is 1.50. The molecule has 0 bridgehead atoms. The van der Waals surface area contributed by atoms with Gasteiger partial charge in [0.05, 0.1) is 41.8 Å². The number of nitrogens with zero attached hydrogens (tertiary/aromatic N) is 4. The number of benzene rings is 2. The predicted octanol–water partition coefficient (Wildman–Crippen LogP) is 3.27. The number of nitrogens with one attached hydrogen (secondary N) is 2. The largest absolute Gasteiger partial charge is 0.496 e. The van der Waals surface area contributed by atoms with Crippen LogP contribution in [0, 0.1) is 0 Å². The maximum Gasteiger partial charge on any atom is 0.159 e. The van der Waals surface area contributed by atoms with Gasteiger partial charge in [0.15, 0.2) is 5.82 Å². The van der Waals surface area contributed by atoms with Crippen LogP contribution >= 0.6 is 0 Å². The van der Waals surface area contributed by atoms with Crippen LogP contribution in [0.25, 0.3) is 33.5 Å². The fraction of sp³-hybridized carbons (Fsp3) is 0.391. The molecule has 5 rings (SSSR count). The van der Waals surface area contributed by atoms with E-state index >= 15 is 0 Å². The normalized spacial score (nSPS) is 19.6. The number of hydrogen-bond donors (Lipinski definition) is 2. The SMILES string of the molecule is COc1cccc2[nH]nc(-c3nc4ccc(N5CC(CN(C)C)OCC5C)cc4[nH]3)c12. The summed E-state index contributed by atoms with van der Waals surface area (Å²) in [6.07, 6.45) is 0.196. The minimum Gasteiger partial charge on any atom is -0.496 e. The van der Waals surface area contributed by atoms with E-state index in [0.29, 0.717) is 6.04 Å². The van der Waals surface area contributed by atoms with Gasteiger partial charge in [-0.3, -0.25) is 5.10 Å². The van der Waals surface area contributed by atoms with Crippen molar-refractivity contribution in [3.8, 4) is 17.3 Å². The highest BCUT2D eigenvalue weighted by molar-refractivity contribution is 5.97. The summed E-state index contributed by atoms with van der Waals surface area (Å²) < 4.78 is 11.6. The fourth-order valence-electron chi connectivity index (χ4n) is 4.37. The Morgan fingerprint density at radius 3 is 2.90 bits per heavy atom. The van der Waals surface area contributed by atoms with Gasteiger partial charge >= 0.3 is 0 Å². The highest BCUT2D eigenvalue weighted by Crippen LogP contribution is 2.34. The van der Waals surface area contributed by atoms with Gasteiger partial charge in [0.25, 0.3) is 0 Å². The Morgan fingerprint density at radius 2 is 2.10 bits per heavy atom. The Kier molecular flexibility index (Phi) is 5.03. The lowest BCUT2D eigenvalue weighted by Crippen LogP contribution is -2.51. The standard InChI is InChI=1S/C23H28N6O2/c1-14-13-31-16(11-28(2)3)12-29(14)15-8-9-17-19(10-15)25-23(24-17)22-21-18(26-27-22)6-5-7-20(21)30-4/h5-10,14,16H,11-13H2,1-4H3,(H,24,25)(H,26,27). The summed E-state index contributed by atoms with van der Waals surface area (Å²) in [5.41, 5.74) is 4.75. The molecule has 1 fully saturated rings. The summed E-state index contributed by atoms with van der Waals surface area (Å²) in [4.78, 5) is 12.9. The van der Waals surface area contributed by atoms with Gasteiger partial charge in [0.1, 0.15) is 11.4 Å². The molecule has 1 aliphatic rings.